The summed E-state index contributed by atoms with van der Waals surface area (Å²) in [5.74, 6) is -0.412. The number of carbonyl (C=O) groups is 2. The molecule has 0 aromatic carbocycles. The minimum Gasteiger partial charge on any atom is -0.450 e. The normalized spacial score (nSPS) is 22.0. The molecule has 2 fully saturated rings. The minimum atomic E-state index is -4.43. The lowest BCUT2D eigenvalue weighted by Crippen LogP contribution is -2.53. The molecule has 0 atom stereocenters. The molecule has 0 radical (unpaired) electrons. The molecule has 4 rings (SSSR count). The molecule has 1 aromatic rings. The molecule has 0 aliphatic carbocycles. The number of hydrogen-bond acceptors (Lipinski definition) is 6. The molecule has 174 valence electrons. The Kier molecular flexibility index (Phi) is 5.91. The topological polar surface area (TPSA) is 66.0 Å². The highest BCUT2D eigenvalue weighted by molar-refractivity contribution is 6.07. The summed E-state index contributed by atoms with van der Waals surface area (Å²) in [6, 6.07) is 1.98. The van der Waals surface area contributed by atoms with Gasteiger partial charge in [0.25, 0.3) is 5.91 Å². The van der Waals surface area contributed by atoms with Crippen LogP contribution in [0.15, 0.2) is 29.5 Å². The van der Waals surface area contributed by atoms with Gasteiger partial charge in [-0.25, -0.2) is 9.78 Å². The van der Waals surface area contributed by atoms with Crippen LogP contribution in [-0.2, 0) is 20.5 Å². The second-order valence-corrected chi connectivity index (χ2v) is 8.50. The van der Waals surface area contributed by atoms with Crippen molar-refractivity contribution < 1.29 is 27.5 Å². The fourth-order valence-corrected chi connectivity index (χ4v) is 4.75. The number of pyridine rings is 1. The molecule has 1 spiro atoms. The fourth-order valence-electron chi connectivity index (χ4n) is 4.75. The monoisotopic (exact) mass is 452 g/mol. The molecule has 7 nitrogen and oxygen atoms in total. The number of ether oxygens (including phenoxy) is 1. The van der Waals surface area contributed by atoms with Crippen molar-refractivity contribution in [2.75, 3.05) is 50.7 Å². The summed E-state index contributed by atoms with van der Waals surface area (Å²) in [5.41, 5.74) is -0.807. The largest absolute Gasteiger partial charge is 0.450 e. The van der Waals surface area contributed by atoms with Crippen molar-refractivity contribution in [3.05, 3.63) is 35.0 Å². The van der Waals surface area contributed by atoms with Crippen LogP contribution in [0.2, 0.25) is 0 Å². The smallest absolute Gasteiger partial charge is 0.416 e. The number of hydrogen-bond donors (Lipinski definition) is 0. The van der Waals surface area contributed by atoms with E-state index < -0.39 is 23.3 Å². The number of anilines is 1. The third kappa shape index (κ3) is 4.07. The number of piperidine rings is 1. The lowest BCUT2D eigenvalue weighted by atomic mass is 9.82. The first-order valence-electron chi connectivity index (χ1n) is 10.9. The van der Waals surface area contributed by atoms with Crippen LogP contribution < -0.4 is 4.90 Å². The van der Waals surface area contributed by atoms with Crippen LogP contribution in [0, 0.1) is 0 Å². The van der Waals surface area contributed by atoms with E-state index in [9.17, 15) is 22.8 Å². The number of esters is 1. The quantitative estimate of drug-likeness (QED) is 0.657. The number of aromatic nitrogens is 1. The summed E-state index contributed by atoms with van der Waals surface area (Å²) in [6.07, 6.45) is -2.12. The summed E-state index contributed by atoms with van der Waals surface area (Å²) in [6.45, 7) is 7.50. The summed E-state index contributed by atoms with van der Waals surface area (Å²) in [4.78, 5) is 35.6. The van der Waals surface area contributed by atoms with Gasteiger partial charge in [0.15, 0.2) is 0 Å². The average Bonchev–Trinajstić information content (AvgIpc) is 3.02. The van der Waals surface area contributed by atoms with Crippen LogP contribution in [-0.4, -0.2) is 78.1 Å². The van der Waals surface area contributed by atoms with Gasteiger partial charge < -0.3 is 19.4 Å². The first kappa shape index (κ1) is 22.6. The average molecular weight is 452 g/mol. The molecule has 4 heterocycles. The Morgan fingerprint density at radius 3 is 2.41 bits per heavy atom. The van der Waals surface area contributed by atoms with Crippen molar-refractivity contribution in [2.24, 2.45) is 0 Å². The molecule has 32 heavy (non-hydrogen) atoms. The molecule has 0 bridgehead atoms. The van der Waals surface area contributed by atoms with E-state index in [0.29, 0.717) is 50.2 Å². The molecule has 0 unspecified atom stereocenters. The van der Waals surface area contributed by atoms with Crippen molar-refractivity contribution >= 4 is 17.7 Å². The molecule has 1 aromatic heterocycles. The van der Waals surface area contributed by atoms with Gasteiger partial charge in [0.1, 0.15) is 11.4 Å². The van der Waals surface area contributed by atoms with E-state index in [4.69, 9.17) is 4.74 Å². The second-order valence-electron chi connectivity index (χ2n) is 8.50. The molecule has 0 N–H and O–H groups in total. The Labute approximate surface area is 184 Å². The zero-order valence-corrected chi connectivity index (χ0v) is 18.2. The maximum Gasteiger partial charge on any atom is 0.416 e. The zero-order valence-electron chi connectivity index (χ0n) is 18.2. The molecule has 3 aliphatic heterocycles. The summed E-state index contributed by atoms with van der Waals surface area (Å²) < 4.78 is 44.8. The summed E-state index contributed by atoms with van der Waals surface area (Å²) in [7, 11) is 0. The lowest BCUT2D eigenvalue weighted by Gasteiger charge is -2.41. The standard InChI is InChI=1S/C22H27F3N4O3/c1-3-27-8-5-21(6-9-27)18(15(2)20(31)32-21)19(30)29-12-10-28(11-13-29)17-14-16(4-7-26-17)22(23,24)25/h4,7,14H,3,5-6,8-13H2,1-2H3. The van der Waals surface area contributed by atoms with Crippen LogP contribution in [0.1, 0.15) is 32.3 Å². The molecule has 0 saturated carbocycles. The van der Waals surface area contributed by atoms with Crippen LogP contribution >= 0.6 is 0 Å². The SMILES string of the molecule is CCN1CCC2(CC1)OC(=O)C(C)=C2C(=O)N1CCN(c2cc(C(F)(F)F)ccn2)CC1. The zero-order chi connectivity index (χ0) is 23.1. The van der Waals surface area contributed by atoms with Gasteiger partial charge in [0.05, 0.1) is 11.1 Å². The van der Waals surface area contributed by atoms with Crippen molar-refractivity contribution in [2.45, 2.75) is 38.5 Å². The molecule has 10 heteroatoms. The van der Waals surface area contributed by atoms with Crippen molar-refractivity contribution in [1.82, 2.24) is 14.8 Å². The van der Waals surface area contributed by atoms with E-state index in [1.807, 2.05) is 0 Å². The molecule has 2 saturated heterocycles. The number of rotatable bonds is 3. The van der Waals surface area contributed by atoms with Gasteiger partial charge in [-0.3, -0.25) is 4.79 Å². The highest BCUT2D eigenvalue weighted by Gasteiger charge is 2.51. The van der Waals surface area contributed by atoms with E-state index in [1.54, 1.807) is 16.7 Å². The number of amides is 1. The van der Waals surface area contributed by atoms with Gasteiger partial charge in [-0.2, -0.15) is 13.2 Å². The third-order valence-electron chi connectivity index (χ3n) is 6.71. The van der Waals surface area contributed by atoms with Crippen molar-refractivity contribution in [3.63, 3.8) is 0 Å². The number of alkyl halides is 3. The summed E-state index contributed by atoms with van der Waals surface area (Å²) in [5, 5.41) is 0. The van der Waals surface area contributed by atoms with E-state index >= 15 is 0 Å². The first-order chi connectivity index (χ1) is 15.1. The number of likely N-dealkylation sites (tertiary alicyclic amines) is 1. The highest BCUT2D eigenvalue weighted by atomic mass is 19.4. The number of nitrogens with zero attached hydrogens (tertiary/aromatic N) is 4. The maximum atomic E-state index is 13.4. The van der Waals surface area contributed by atoms with Crippen molar-refractivity contribution in [1.29, 1.82) is 0 Å². The Bertz CT molecular complexity index is 931. The van der Waals surface area contributed by atoms with Gasteiger partial charge in [-0.15, -0.1) is 0 Å². The van der Waals surface area contributed by atoms with Crippen LogP contribution in [0.5, 0.6) is 0 Å². The van der Waals surface area contributed by atoms with E-state index in [2.05, 4.69) is 16.8 Å². The Morgan fingerprint density at radius 2 is 1.81 bits per heavy atom. The van der Waals surface area contributed by atoms with Crippen LogP contribution in [0.4, 0.5) is 19.0 Å². The van der Waals surface area contributed by atoms with Gasteiger partial charge in [0.2, 0.25) is 0 Å². The van der Waals surface area contributed by atoms with Gasteiger partial charge in [-0.1, -0.05) is 6.92 Å². The van der Waals surface area contributed by atoms with Crippen LogP contribution in [0.3, 0.4) is 0 Å². The Hall–Kier alpha value is -2.62. The number of halogens is 3. The summed E-state index contributed by atoms with van der Waals surface area (Å²) >= 11 is 0. The highest BCUT2D eigenvalue weighted by Crippen LogP contribution is 2.42. The van der Waals surface area contributed by atoms with E-state index in [1.165, 1.54) is 0 Å². The third-order valence-corrected chi connectivity index (χ3v) is 6.71. The second kappa shape index (κ2) is 8.38. The Morgan fingerprint density at radius 1 is 1.16 bits per heavy atom. The number of piperazine rings is 1. The lowest BCUT2D eigenvalue weighted by molar-refractivity contribution is -0.151. The predicted molar refractivity (Wildman–Crippen MR) is 111 cm³/mol. The minimum absolute atomic E-state index is 0.213. The Balaban J connectivity index is 1.47. The van der Waals surface area contributed by atoms with Gasteiger partial charge >= 0.3 is 12.1 Å². The van der Waals surface area contributed by atoms with E-state index in [-0.39, 0.29) is 11.7 Å². The first-order valence-corrected chi connectivity index (χ1v) is 10.9. The predicted octanol–water partition coefficient (Wildman–Crippen LogP) is 2.48. The molecular weight excluding hydrogens is 425 g/mol. The van der Waals surface area contributed by atoms with E-state index in [0.717, 1.165) is 38.0 Å². The van der Waals surface area contributed by atoms with Crippen LogP contribution in [0.25, 0.3) is 0 Å². The maximum absolute atomic E-state index is 13.4. The molecule has 3 aliphatic rings. The van der Waals surface area contributed by atoms with Gasteiger partial charge in [0, 0.05) is 63.9 Å². The molecule has 1 amide bonds. The number of carbonyl (C=O) groups excluding carboxylic acids is 2. The fraction of sp³-hybridized carbons (Fsp3) is 0.591. The van der Waals surface area contributed by atoms with Gasteiger partial charge in [-0.05, 0) is 25.6 Å². The van der Waals surface area contributed by atoms with Crippen molar-refractivity contribution in [3.8, 4) is 0 Å². The molecular formula is C22H27F3N4O3.